The third-order valence-electron chi connectivity index (χ3n) is 6.57. The number of aryl methyl sites for hydroxylation is 2. The van der Waals surface area contributed by atoms with E-state index in [9.17, 15) is 5.11 Å². The van der Waals surface area contributed by atoms with E-state index in [-0.39, 0.29) is 12.1 Å². The fraction of sp³-hybridized carbons (Fsp3) is 0.524. The summed E-state index contributed by atoms with van der Waals surface area (Å²) in [7, 11) is 2.05. The number of fused-ring (bicyclic) bond motifs is 2. The van der Waals surface area contributed by atoms with Crippen LogP contribution in [0.3, 0.4) is 0 Å². The number of likely N-dealkylation sites (tertiary alicyclic amines) is 1. The number of hydrogen-bond donors (Lipinski definition) is 1. The molecule has 0 bridgehead atoms. The maximum atomic E-state index is 11.0. The smallest absolute Gasteiger partial charge is 0.122 e. The zero-order valence-corrected chi connectivity index (χ0v) is 16.0. The van der Waals surface area contributed by atoms with Gasteiger partial charge in [0.1, 0.15) is 11.6 Å². The average Bonchev–Trinajstić information content (AvgIpc) is 3.31. The first kappa shape index (κ1) is 17.0. The van der Waals surface area contributed by atoms with Gasteiger partial charge in [0.05, 0.1) is 29.7 Å². The molecule has 27 heavy (non-hydrogen) atoms. The summed E-state index contributed by atoms with van der Waals surface area (Å²) in [6.45, 7) is 5.10. The number of para-hydroxylation sites is 2. The molecule has 1 aliphatic carbocycles. The van der Waals surface area contributed by atoms with Crippen LogP contribution in [-0.2, 0) is 13.6 Å². The number of benzene rings is 1. The Hall–Kier alpha value is -2.18. The van der Waals surface area contributed by atoms with Gasteiger partial charge in [-0.3, -0.25) is 4.90 Å². The minimum Gasteiger partial charge on any atom is -0.391 e. The molecule has 1 saturated heterocycles. The number of aliphatic hydroxyl groups excluding tert-OH is 1. The minimum atomic E-state index is -0.310. The molecule has 2 aromatic heterocycles. The van der Waals surface area contributed by atoms with Crippen molar-refractivity contribution >= 4 is 11.0 Å². The zero-order valence-electron chi connectivity index (χ0n) is 16.0. The second-order valence-electron chi connectivity index (χ2n) is 8.29. The molecule has 1 saturated carbocycles. The number of aromatic nitrogens is 4. The number of nitrogens with zero attached hydrogens (tertiary/aromatic N) is 5. The molecule has 0 unspecified atom stereocenters. The molecule has 6 heteroatoms. The molecule has 3 heterocycles. The molecular weight excluding hydrogens is 338 g/mol. The summed E-state index contributed by atoms with van der Waals surface area (Å²) >= 11 is 0. The van der Waals surface area contributed by atoms with Crippen molar-refractivity contribution in [1.82, 2.24) is 24.0 Å². The fourth-order valence-corrected chi connectivity index (χ4v) is 5.24. The van der Waals surface area contributed by atoms with E-state index in [0.29, 0.717) is 11.8 Å². The van der Waals surface area contributed by atoms with Crippen LogP contribution >= 0.6 is 0 Å². The maximum Gasteiger partial charge on any atom is 0.122 e. The molecule has 142 valence electrons. The lowest BCUT2D eigenvalue weighted by Crippen LogP contribution is -2.36. The molecule has 1 aliphatic heterocycles. The molecule has 3 aromatic rings. The summed E-state index contributed by atoms with van der Waals surface area (Å²) in [6.07, 6.45) is 5.45. The fourth-order valence-electron chi connectivity index (χ4n) is 5.24. The van der Waals surface area contributed by atoms with Crippen LogP contribution in [0.15, 0.2) is 36.7 Å². The minimum absolute atomic E-state index is 0.117. The molecular formula is C21H27N5O. The van der Waals surface area contributed by atoms with Crippen molar-refractivity contribution < 1.29 is 5.11 Å². The van der Waals surface area contributed by atoms with E-state index >= 15 is 0 Å². The standard InChI is InChI=1S/C21H27N5O/c1-14-23-17-5-3-4-6-18(17)26(14)19-9-15-11-25(12-16(15)10-20(19)27)13-21-22-7-8-24(21)2/h3-8,15-16,19-20,27H,9-13H2,1-2H3/t15-,16+,19-,20-/m0/s1. The molecule has 5 rings (SSSR count). The second kappa shape index (κ2) is 6.46. The lowest BCUT2D eigenvalue weighted by molar-refractivity contribution is 0.0366. The lowest BCUT2D eigenvalue weighted by atomic mass is 9.77. The normalized spacial score (nSPS) is 28.7. The van der Waals surface area contributed by atoms with Crippen molar-refractivity contribution in [3.8, 4) is 0 Å². The first-order chi connectivity index (χ1) is 13.1. The summed E-state index contributed by atoms with van der Waals surface area (Å²) in [5.74, 6) is 3.31. The van der Waals surface area contributed by atoms with Crippen LogP contribution in [-0.4, -0.2) is 48.3 Å². The van der Waals surface area contributed by atoms with Gasteiger partial charge in [0.15, 0.2) is 0 Å². The number of imidazole rings is 2. The number of aliphatic hydroxyl groups is 1. The van der Waals surface area contributed by atoms with E-state index in [4.69, 9.17) is 4.98 Å². The largest absolute Gasteiger partial charge is 0.391 e. The highest BCUT2D eigenvalue weighted by Gasteiger charge is 2.43. The van der Waals surface area contributed by atoms with Crippen LogP contribution in [0.4, 0.5) is 0 Å². The van der Waals surface area contributed by atoms with Gasteiger partial charge in [-0.15, -0.1) is 0 Å². The Kier molecular flexibility index (Phi) is 4.06. The molecule has 2 aliphatic rings. The van der Waals surface area contributed by atoms with Crippen molar-refractivity contribution in [2.45, 2.75) is 38.5 Å². The van der Waals surface area contributed by atoms with Crippen LogP contribution in [0.1, 0.15) is 30.5 Å². The summed E-state index contributed by atoms with van der Waals surface area (Å²) in [6, 6.07) is 8.38. The van der Waals surface area contributed by atoms with Crippen LogP contribution < -0.4 is 0 Å². The zero-order chi connectivity index (χ0) is 18.5. The third-order valence-corrected chi connectivity index (χ3v) is 6.57. The number of hydrogen-bond acceptors (Lipinski definition) is 4. The van der Waals surface area contributed by atoms with Crippen LogP contribution in [0.2, 0.25) is 0 Å². The SMILES string of the molecule is Cc1nc2ccccc2n1[C@H]1C[C@H]2CN(Cc3nccn3C)C[C@H]2C[C@@H]1O. The molecule has 0 amide bonds. The van der Waals surface area contributed by atoms with Crippen molar-refractivity contribution in [3.05, 3.63) is 48.3 Å². The van der Waals surface area contributed by atoms with Gasteiger partial charge in [-0.1, -0.05) is 12.1 Å². The van der Waals surface area contributed by atoms with E-state index in [1.165, 1.54) is 0 Å². The van der Waals surface area contributed by atoms with Crippen molar-refractivity contribution in [3.63, 3.8) is 0 Å². The van der Waals surface area contributed by atoms with Gasteiger partial charge in [0.25, 0.3) is 0 Å². The van der Waals surface area contributed by atoms with E-state index in [2.05, 4.69) is 51.2 Å². The second-order valence-corrected chi connectivity index (χ2v) is 8.29. The van der Waals surface area contributed by atoms with E-state index in [1.807, 2.05) is 18.5 Å². The number of rotatable bonds is 3. The van der Waals surface area contributed by atoms with Crippen LogP contribution in [0.5, 0.6) is 0 Å². The first-order valence-corrected chi connectivity index (χ1v) is 9.90. The molecule has 0 spiro atoms. The molecule has 2 fully saturated rings. The molecule has 6 nitrogen and oxygen atoms in total. The van der Waals surface area contributed by atoms with Crippen molar-refractivity contribution in [2.24, 2.45) is 18.9 Å². The van der Waals surface area contributed by atoms with Gasteiger partial charge in [-0.2, -0.15) is 0 Å². The summed E-state index contributed by atoms with van der Waals surface area (Å²) in [5.41, 5.74) is 2.16. The quantitative estimate of drug-likeness (QED) is 0.775. The Morgan fingerprint density at radius 3 is 2.70 bits per heavy atom. The Bertz CT molecular complexity index is 961. The van der Waals surface area contributed by atoms with Gasteiger partial charge >= 0.3 is 0 Å². The van der Waals surface area contributed by atoms with Crippen LogP contribution in [0, 0.1) is 18.8 Å². The maximum absolute atomic E-state index is 11.0. The molecule has 0 radical (unpaired) electrons. The van der Waals surface area contributed by atoms with Crippen molar-refractivity contribution in [2.75, 3.05) is 13.1 Å². The summed E-state index contributed by atoms with van der Waals surface area (Å²) < 4.78 is 4.37. The van der Waals surface area contributed by atoms with Gasteiger partial charge in [-0.05, 0) is 43.7 Å². The van der Waals surface area contributed by atoms with Crippen LogP contribution in [0.25, 0.3) is 11.0 Å². The molecule has 4 atom stereocenters. The van der Waals surface area contributed by atoms with Gasteiger partial charge in [0, 0.05) is 32.5 Å². The Morgan fingerprint density at radius 1 is 1.15 bits per heavy atom. The Labute approximate surface area is 159 Å². The summed E-state index contributed by atoms with van der Waals surface area (Å²) in [5, 5.41) is 11.0. The van der Waals surface area contributed by atoms with Gasteiger partial charge in [-0.25, -0.2) is 9.97 Å². The predicted molar refractivity (Wildman–Crippen MR) is 104 cm³/mol. The summed E-state index contributed by atoms with van der Waals surface area (Å²) in [4.78, 5) is 11.7. The third kappa shape index (κ3) is 2.87. The van der Waals surface area contributed by atoms with E-state index in [1.54, 1.807) is 0 Å². The van der Waals surface area contributed by atoms with Gasteiger partial charge in [0.2, 0.25) is 0 Å². The molecule has 1 N–H and O–H groups in total. The Morgan fingerprint density at radius 2 is 1.93 bits per heavy atom. The highest BCUT2D eigenvalue weighted by molar-refractivity contribution is 5.76. The topological polar surface area (TPSA) is 59.1 Å². The van der Waals surface area contributed by atoms with E-state index < -0.39 is 0 Å². The highest BCUT2D eigenvalue weighted by Crippen LogP contribution is 2.43. The van der Waals surface area contributed by atoms with Gasteiger partial charge < -0.3 is 14.2 Å². The predicted octanol–water partition coefficient (Wildman–Crippen LogP) is 2.52. The monoisotopic (exact) mass is 365 g/mol. The highest BCUT2D eigenvalue weighted by atomic mass is 16.3. The lowest BCUT2D eigenvalue weighted by Gasteiger charge is -2.36. The van der Waals surface area contributed by atoms with E-state index in [0.717, 1.165) is 55.2 Å². The average molecular weight is 365 g/mol. The Balaban J connectivity index is 1.37. The molecule has 1 aromatic carbocycles. The van der Waals surface area contributed by atoms with Crippen molar-refractivity contribution in [1.29, 1.82) is 0 Å². The first-order valence-electron chi connectivity index (χ1n) is 9.90.